The lowest BCUT2D eigenvalue weighted by atomic mass is 9.92. The van der Waals surface area contributed by atoms with Gasteiger partial charge in [0.1, 0.15) is 5.82 Å². The summed E-state index contributed by atoms with van der Waals surface area (Å²) in [5.41, 5.74) is 1.67. The van der Waals surface area contributed by atoms with E-state index in [2.05, 4.69) is 6.92 Å². The van der Waals surface area contributed by atoms with E-state index in [4.69, 9.17) is 5.14 Å². The van der Waals surface area contributed by atoms with Crippen LogP contribution in [0.1, 0.15) is 51.0 Å². The smallest absolute Gasteiger partial charge is 0.225 e. The van der Waals surface area contributed by atoms with Crippen molar-refractivity contribution < 1.29 is 12.8 Å². The van der Waals surface area contributed by atoms with E-state index in [0.29, 0.717) is 16.7 Å². The number of primary sulfonamides is 1. The second kappa shape index (κ2) is 7.90. The van der Waals surface area contributed by atoms with Crippen molar-refractivity contribution in [2.75, 3.05) is 0 Å². The molecule has 130 valence electrons. The fourth-order valence-corrected chi connectivity index (χ4v) is 4.09. The summed E-state index contributed by atoms with van der Waals surface area (Å²) in [6.07, 6.45) is 4.14. The van der Waals surface area contributed by atoms with E-state index in [9.17, 15) is 12.8 Å². The van der Waals surface area contributed by atoms with E-state index in [-0.39, 0.29) is 10.8 Å². The molecule has 0 aliphatic carbocycles. The lowest BCUT2D eigenvalue weighted by Gasteiger charge is -2.18. The van der Waals surface area contributed by atoms with Crippen molar-refractivity contribution in [1.82, 2.24) is 0 Å². The highest BCUT2D eigenvalue weighted by Crippen LogP contribution is 2.35. The Morgan fingerprint density at radius 3 is 2.46 bits per heavy atom. The molecule has 2 aromatic rings. The average molecular weight is 349 g/mol. The molecule has 0 amide bonds. The molecule has 2 N–H and O–H groups in total. The SMILES string of the molecule is CCCCCC(C)c1cccc(-c2cccc(F)c2)c1S(N)(=O)=O. The standard InChI is InChI=1S/C19H24FNO2S/c1-3-4-5-8-14(2)17-11-7-12-18(19(17)24(21,22)23)15-9-6-10-16(20)13-15/h6-7,9-14H,3-5,8H2,1-2H3,(H2,21,22,23). The van der Waals surface area contributed by atoms with Crippen LogP contribution in [-0.4, -0.2) is 8.42 Å². The van der Waals surface area contributed by atoms with Gasteiger partial charge in [-0.1, -0.05) is 63.4 Å². The first kappa shape index (κ1) is 18.6. The van der Waals surface area contributed by atoms with Crippen LogP contribution in [0.5, 0.6) is 0 Å². The lowest BCUT2D eigenvalue weighted by Crippen LogP contribution is -2.17. The molecule has 24 heavy (non-hydrogen) atoms. The van der Waals surface area contributed by atoms with Gasteiger partial charge in [0.2, 0.25) is 10.0 Å². The van der Waals surface area contributed by atoms with Crippen molar-refractivity contribution in [3.63, 3.8) is 0 Å². The topological polar surface area (TPSA) is 60.2 Å². The third-order valence-electron chi connectivity index (χ3n) is 4.24. The molecule has 0 bridgehead atoms. The Hall–Kier alpha value is -1.72. The summed E-state index contributed by atoms with van der Waals surface area (Å²) >= 11 is 0. The van der Waals surface area contributed by atoms with E-state index in [1.165, 1.54) is 12.1 Å². The van der Waals surface area contributed by atoms with Gasteiger partial charge in [-0.25, -0.2) is 17.9 Å². The van der Waals surface area contributed by atoms with Crippen molar-refractivity contribution >= 4 is 10.0 Å². The Kier molecular flexibility index (Phi) is 6.13. The van der Waals surface area contributed by atoms with Crippen molar-refractivity contribution in [3.8, 4) is 11.1 Å². The van der Waals surface area contributed by atoms with Gasteiger partial charge < -0.3 is 0 Å². The minimum absolute atomic E-state index is 0.0679. The molecule has 0 heterocycles. The van der Waals surface area contributed by atoms with Crippen molar-refractivity contribution in [3.05, 3.63) is 53.8 Å². The van der Waals surface area contributed by atoms with Gasteiger partial charge in [-0.3, -0.25) is 0 Å². The molecule has 0 radical (unpaired) electrons. The molecule has 0 aliphatic rings. The van der Waals surface area contributed by atoms with Crippen LogP contribution in [0.25, 0.3) is 11.1 Å². The number of benzene rings is 2. The number of halogens is 1. The van der Waals surface area contributed by atoms with Gasteiger partial charge in [0, 0.05) is 5.56 Å². The predicted octanol–water partition coefficient (Wildman–Crippen LogP) is 4.82. The van der Waals surface area contributed by atoms with Gasteiger partial charge in [-0.2, -0.15) is 0 Å². The van der Waals surface area contributed by atoms with Crippen LogP contribution >= 0.6 is 0 Å². The molecule has 1 unspecified atom stereocenters. The monoisotopic (exact) mass is 349 g/mol. The number of unbranched alkanes of at least 4 members (excludes halogenated alkanes) is 2. The fraction of sp³-hybridized carbons (Fsp3) is 0.368. The predicted molar refractivity (Wildman–Crippen MR) is 95.8 cm³/mol. The Bertz CT molecular complexity index is 803. The zero-order valence-electron chi connectivity index (χ0n) is 14.1. The van der Waals surface area contributed by atoms with Gasteiger partial charge >= 0.3 is 0 Å². The highest BCUT2D eigenvalue weighted by atomic mass is 32.2. The summed E-state index contributed by atoms with van der Waals surface area (Å²) < 4.78 is 38.1. The number of hydrogen-bond acceptors (Lipinski definition) is 2. The first-order valence-corrected chi connectivity index (χ1v) is 9.81. The Morgan fingerprint density at radius 1 is 1.12 bits per heavy atom. The fourth-order valence-electron chi connectivity index (χ4n) is 3.00. The Labute approximate surface area is 143 Å². The van der Waals surface area contributed by atoms with E-state index in [1.807, 2.05) is 6.92 Å². The minimum atomic E-state index is -3.92. The highest BCUT2D eigenvalue weighted by molar-refractivity contribution is 7.89. The average Bonchev–Trinajstić information content (AvgIpc) is 2.53. The Morgan fingerprint density at radius 2 is 1.83 bits per heavy atom. The lowest BCUT2D eigenvalue weighted by molar-refractivity contribution is 0.579. The van der Waals surface area contributed by atoms with Crippen LogP contribution in [0.3, 0.4) is 0 Å². The highest BCUT2D eigenvalue weighted by Gasteiger charge is 2.23. The first-order valence-electron chi connectivity index (χ1n) is 8.26. The maximum absolute atomic E-state index is 13.6. The molecule has 5 heteroatoms. The molecule has 0 aromatic heterocycles. The quantitative estimate of drug-likeness (QED) is 0.728. The molecule has 0 fully saturated rings. The molecular formula is C19H24FNO2S. The van der Waals surface area contributed by atoms with E-state index in [1.54, 1.807) is 30.3 Å². The van der Waals surface area contributed by atoms with E-state index in [0.717, 1.165) is 25.7 Å². The van der Waals surface area contributed by atoms with Gasteiger partial charge in [0.15, 0.2) is 0 Å². The zero-order valence-corrected chi connectivity index (χ0v) is 14.9. The summed E-state index contributed by atoms with van der Waals surface area (Å²) in [4.78, 5) is 0.111. The summed E-state index contributed by atoms with van der Waals surface area (Å²) in [5, 5.41) is 5.50. The molecule has 3 nitrogen and oxygen atoms in total. The van der Waals surface area contributed by atoms with E-state index < -0.39 is 15.8 Å². The van der Waals surface area contributed by atoms with Crippen LogP contribution in [-0.2, 0) is 10.0 Å². The zero-order chi connectivity index (χ0) is 17.7. The molecule has 2 aromatic carbocycles. The second-order valence-corrected chi connectivity index (χ2v) is 7.67. The van der Waals surface area contributed by atoms with Gasteiger partial charge in [-0.05, 0) is 35.6 Å². The van der Waals surface area contributed by atoms with Crippen molar-refractivity contribution in [1.29, 1.82) is 0 Å². The van der Waals surface area contributed by atoms with Gasteiger partial charge in [-0.15, -0.1) is 0 Å². The third-order valence-corrected chi connectivity index (χ3v) is 5.26. The molecule has 2 rings (SSSR count). The van der Waals surface area contributed by atoms with Crippen LogP contribution in [0.15, 0.2) is 47.4 Å². The molecule has 1 atom stereocenters. The first-order chi connectivity index (χ1) is 11.3. The van der Waals surface area contributed by atoms with Gasteiger partial charge in [0.05, 0.1) is 4.90 Å². The molecule has 0 saturated heterocycles. The van der Waals surface area contributed by atoms with Crippen LogP contribution in [0, 0.1) is 5.82 Å². The van der Waals surface area contributed by atoms with E-state index >= 15 is 0 Å². The van der Waals surface area contributed by atoms with Crippen molar-refractivity contribution in [2.45, 2.75) is 50.3 Å². The number of hydrogen-bond donors (Lipinski definition) is 1. The van der Waals surface area contributed by atoms with Crippen LogP contribution in [0.2, 0.25) is 0 Å². The summed E-state index contributed by atoms with van der Waals surface area (Å²) in [6, 6.07) is 11.2. The van der Waals surface area contributed by atoms with Crippen LogP contribution < -0.4 is 5.14 Å². The molecular weight excluding hydrogens is 325 g/mol. The molecule has 0 aliphatic heterocycles. The second-order valence-electron chi connectivity index (χ2n) is 6.18. The summed E-state index contributed by atoms with van der Waals surface area (Å²) in [5.74, 6) is -0.340. The number of rotatable bonds is 7. The number of sulfonamides is 1. The number of nitrogens with two attached hydrogens (primary N) is 1. The normalized spacial score (nSPS) is 13.0. The largest absolute Gasteiger partial charge is 0.238 e. The maximum Gasteiger partial charge on any atom is 0.238 e. The molecule has 0 saturated carbocycles. The van der Waals surface area contributed by atoms with Gasteiger partial charge in [0.25, 0.3) is 0 Å². The van der Waals surface area contributed by atoms with Crippen LogP contribution in [0.4, 0.5) is 4.39 Å². The Balaban J connectivity index is 2.55. The minimum Gasteiger partial charge on any atom is -0.225 e. The summed E-state index contributed by atoms with van der Waals surface area (Å²) in [7, 11) is -3.92. The third kappa shape index (κ3) is 4.42. The maximum atomic E-state index is 13.6. The molecule has 0 spiro atoms. The summed E-state index contributed by atoms with van der Waals surface area (Å²) in [6.45, 7) is 4.14. The van der Waals surface area contributed by atoms with Crippen molar-refractivity contribution in [2.24, 2.45) is 5.14 Å².